The molecule has 232 valence electrons. The first-order valence-corrected chi connectivity index (χ1v) is 15.7. The fourth-order valence-electron chi connectivity index (χ4n) is 7.74. The van der Waals surface area contributed by atoms with Crippen molar-refractivity contribution in [1.82, 2.24) is 20.2 Å². The number of carbonyl (C=O) groups excluding carboxylic acids is 1. The quantitative estimate of drug-likeness (QED) is 0.455. The molecule has 1 aliphatic carbocycles. The van der Waals surface area contributed by atoms with Gasteiger partial charge in [-0.1, -0.05) is 53.1 Å². The van der Waals surface area contributed by atoms with Crippen molar-refractivity contribution in [2.24, 2.45) is 22.2 Å². The summed E-state index contributed by atoms with van der Waals surface area (Å²) >= 11 is 6.22. The Morgan fingerprint density at radius 1 is 1.09 bits per heavy atom. The Bertz CT molecular complexity index is 1350. The van der Waals surface area contributed by atoms with Crippen LogP contribution in [0.1, 0.15) is 76.7 Å². The van der Waals surface area contributed by atoms with Gasteiger partial charge in [0, 0.05) is 68.1 Å². The molecule has 1 saturated carbocycles. The van der Waals surface area contributed by atoms with Gasteiger partial charge in [0.1, 0.15) is 17.9 Å². The van der Waals surface area contributed by atoms with Crippen molar-refractivity contribution in [2.45, 2.75) is 79.1 Å². The van der Waals surface area contributed by atoms with Crippen molar-refractivity contribution in [3.05, 3.63) is 46.7 Å². The van der Waals surface area contributed by atoms with Gasteiger partial charge in [0.2, 0.25) is 5.95 Å². The highest BCUT2D eigenvalue weighted by atomic mass is 35.5. The summed E-state index contributed by atoms with van der Waals surface area (Å²) in [5.41, 5.74) is 0.216. The van der Waals surface area contributed by atoms with Crippen LogP contribution >= 0.6 is 11.6 Å². The molecule has 2 aromatic rings. The molecule has 3 aliphatic rings. The lowest BCUT2D eigenvalue weighted by Gasteiger charge is -2.63. The second-order valence-electron chi connectivity index (χ2n) is 14.5. The SMILES string of the molecule is CC1(C)CN(c2ncc(C(=O)NC3C(C)(C)C(Oc4ccc(C#N)c(Cl)c4)C3(C)C)cn2)CCC1CN1CCC(O)CC1. The number of likely N-dealkylation sites (tertiary alicyclic amines) is 1. The first kappa shape index (κ1) is 31.5. The molecule has 2 N–H and O–H groups in total. The summed E-state index contributed by atoms with van der Waals surface area (Å²) in [6.07, 6.45) is 5.71. The number of nitrogens with zero attached hydrogens (tertiary/aromatic N) is 5. The largest absolute Gasteiger partial charge is 0.489 e. The molecule has 5 rings (SSSR count). The molecular weight excluding hydrogens is 564 g/mol. The Kier molecular flexibility index (Phi) is 8.69. The second kappa shape index (κ2) is 11.9. The van der Waals surface area contributed by atoms with Gasteiger partial charge in [0.15, 0.2) is 0 Å². The monoisotopic (exact) mass is 608 g/mol. The van der Waals surface area contributed by atoms with E-state index in [9.17, 15) is 9.90 Å². The van der Waals surface area contributed by atoms with E-state index < -0.39 is 0 Å². The predicted octanol–water partition coefficient (Wildman–Crippen LogP) is 4.92. The molecule has 1 amide bonds. The van der Waals surface area contributed by atoms with Gasteiger partial charge in [-0.15, -0.1) is 0 Å². The molecule has 0 bridgehead atoms. The average molecular weight is 609 g/mol. The summed E-state index contributed by atoms with van der Waals surface area (Å²) in [5.74, 6) is 1.62. The zero-order valence-electron chi connectivity index (χ0n) is 26.2. The predicted molar refractivity (Wildman–Crippen MR) is 167 cm³/mol. The molecule has 2 aliphatic heterocycles. The molecule has 0 radical (unpaired) electrons. The summed E-state index contributed by atoms with van der Waals surface area (Å²) in [5, 5.41) is 22.6. The van der Waals surface area contributed by atoms with Gasteiger partial charge in [-0.3, -0.25) is 4.79 Å². The Labute approximate surface area is 260 Å². The highest BCUT2D eigenvalue weighted by molar-refractivity contribution is 6.31. The van der Waals surface area contributed by atoms with Crippen LogP contribution in [-0.4, -0.2) is 76.9 Å². The molecular formula is C33H45ClN6O3. The zero-order valence-corrected chi connectivity index (χ0v) is 27.0. The number of hydrogen-bond acceptors (Lipinski definition) is 8. The van der Waals surface area contributed by atoms with Crippen LogP contribution in [0.25, 0.3) is 0 Å². The summed E-state index contributed by atoms with van der Waals surface area (Å²) in [4.78, 5) is 27.3. The lowest BCUT2D eigenvalue weighted by atomic mass is 9.49. The molecule has 1 aromatic carbocycles. The molecule has 2 saturated heterocycles. The lowest BCUT2D eigenvalue weighted by Crippen LogP contribution is -2.74. The van der Waals surface area contributed by atoms with E-state index in [0.29, 0.717) is 33.8 Å². The van der Waals surface area contributed by atoms with E-state index in [-0.39, 0.29) is 40.4 Å². The number of nitrogens with one attached hydrogen (secondary N) is 1. The zero-order chi connectivity index (χ0) is 31.2. The summed E-state index contributed by atoms with van der Waals surface area (Å²) in [6.45, 7) is 17.7. The Balaban J connectivity index is 1.18. The number of aromatic nitrogens is 2. The second-order valence-corrected chi connectivity index (χ2v) is 14.9. The van der Waals surface area contributed by atoms with Crippen molar-refractivity contribution in [1.29, 1.82) is 5.26 Å². The minimum absolute atomic E-state index is 0.0941. The molecule has 3 heterocycles. The molecule has 1 aromatic heterocycles. The van der Waals surface area contributed by atoms with Gasteiger partial charge in [0.25, 0.3) is 5.91 Å². The molecule has 9 nitrogen and oxygen atoms in total. The Hall–Kier alpha value is -2.93. The van der Waals surface area contributed by atoms with Crippen molar-refractivity contribution in [3.63, 3.8) is 0 Å². The van der Waals surface area contributed by atoms with Crippen molar-refractivity contribution >= 4 is 23.5 Å². The van der Waals surface area contributed by atoms with E-state index in [1.807, 2.05) is 0 Å². The average Bonchev–Trinajstić information content (AvgIpc) is 2.96. The number of amides is 1. The van der Waals surface area contributed by atoms with E-state index in [0.717, 1.165) is 52.0 Å². The number of hydrogen-bond donors (Lipinski definition) is 2. The minimum Gasteiger partial charge on any atom is -0.489 e. The van der Waals surface area contributed by atoms with Crippen LogP contribution in [0.4, 0.5) is 5.95 Å². The van der Waals surface area contributed by atoms with Crippen LogP contribution in [0.15, 0.2) is 30.6 Å². The third-order valence-corrected chi connectivity index (χ3v) is 10.4. The third kappa shape index (κ3) is 6.33. The van der Waals surface area contributed by atoms with Gasteiger partial charge in [-0.05, 0) is 42.7 Å². The van der Waals surface area contributed by atoms with Crippen molar-refractivity contribution < 1.29 is 14.6 Å². The molecule has 10 heteroatoms. The number of carbonyl (C=O) groups is 1. The van der Waals surface area contributed by atoms with Crippen molar-refractivity contribution in [3.8, 4) is 11.8 Å². The molecule has 43 heavy (non-hydrogen) atoms. The maximum atomic E-state index is 13.3. The topological polar surface area (TPSA) is 115 Å². The minimum atomic E-state index is -0.357. The number of nitriles is 1. The van der Waals surface area contributed by atoms with E-state index in [4.69, 9.17) is 21.6 Å². The number of piperidine rings is 2. The number of ether oxygens (including phenoxy) is 1. The van der Waals surface area contributed by atoms with Gasteiger partial charge >= 0.3 is 0 Å². The van der Waals surface area contributed by atoms with Gasteiger partial charge in [-0.25, -0.2) is 9.97 Å². The fraction of sp³-hybridized carbons (Fsp3) is 0.636. The summed E-state index contributed by atoms with van der Waals surface area (Å²) in [6, 6.07) is 7.00. The van der Waals surface area contributed by atoms with Crippen LogP contribution in [-0.2, 0) is 0 Å². The highest BCUT2D eigenvalue weighted by Crippen LogP contribution is 2.55. The van der Waals surface area contributed by atoms with Crippen LogP contribution in [0.2, 0.25) is 5.02 Å². The van der Waals surface area contributed by atoms with Crippen LogP contribution < -0.4 is 15.0 Å². The van der Waals surface area contributed by atoms with Gasteiger partial charge in [-0.2, -0.15) is 5.26 Å². The molecule has 1 atom stereocenters. The first-order valence-electron chi connectivity index (χ1n) is 15.4. The van der Waals surface area contributed by atoms with E-state index in [2.05, 4.69) is 72.7 Å². The number of aliphatic hydroxyl groups is 1. The number of anilines is 1. The van der Waals surface area contributed by atoms with E-state index in [1.165, 1.54) is 0 Å². The Morgan fingerprint density at radius 2 is 1.74 bits per heavy atom. The van der Waals surface area contributed by atoms with Crippen molar-refractivity contribution in [2.75, 3.05) is 37.6 Å². The normalized spacial score (nSPS) is 26.7. The number of halogens is 1. The van der Waals surface area contributed by atoms with Crippen LogP contribution in [0.3, 0.4) is 0 Å². The standard InChI is InChI=1S/C33H45ClN6O3/c1-31(2)20-40(14-9-23(31)19-39-12-10-24(41)11-13-39)30-36-17-22(18-37-30)27(42)38-28-32(3,4)29(33(28,5)6)43-25-8-7-21(16-35)26(34)15-25/h7-8,15,17-18,23-24,28-29,41H,9-14,19-20H2,1-6H3,(H,38,42). The molecule has 3 fully saturated rings. The first-order chi connectivity index (χ1) is 20.2. The molecule has 0 spiro atoms. The van der Waals surface area contributed by atoms with Gasteiger partial charge < -0.3 is 25.0 Å². The van der Waals surface area contributed by atoms with Crippen LogP contribution in [0.5, 0.6) is 5.75 Å². The Morgan fingerprint density at radius 3 is 2.33 bits per heavy atom. The number of rotatable bonds is 7. The number of benzene rings is 1. The van der Waals surface area contributed by atoms with Crippen LogP contribution in [0, 0.1) is 33.5 Å². The van der Waals surface area contributed by atoms with E-state index in [1.54, 1.807) is 30.6 Å². The van der Waals surface area contributed by atoms with Gasteiger partial charge in [0.05, 0.1) is 22.3 Å². The maximum Gasteiger partial charge on any atom is 0.254 e. The van der Waals surface area contributed by atoms with E-state index >= 15 is 0 Å². The molecule has 1 unspecified atom stereocenters. The lowest BCUT2D eigenvalue weighted by molar-refractivity contribution is -0.164. The summed E-state index contributed by atoms with van der Waals surface area (Å²) in [7, 11) is 0. The maximum absolute atomic E-state index is 13.3. The highest BCUT2D eigenvalue weighted by Gasteiger charge is 2.64. The summed E-state index contributed by atoms with van der Waals surface area (Å²) < 4.78 is 6.34. The number of aliphatic hydroxyl groups excluding tert-OH is 1. The third-order valence-electron chi connectivity index (χ3n) is 10.1. The fourth-order valence-corrected chi connectivity index (χ4v) is 7.95. The smallest absolute Gasteiger partial charge is 0.254 e.